The fourth-order valence-corrected chi connectivity index (χ4v) is 2.77. The number of nitrogens with one attached hydrogen (secondary N) is 1. The second-order valence-corrected chi connectivity index (χ2v) is 5.46. The lowest BCUT2D eigenvalue weighted by Crippen LogP contribution is -2.47. The van der Waals surface area contributed by atoms with Gasteiger partial charge in [-0.25, -0.2) is 4.79 Å². The molecule has 1 aromatic carbocycles. The number of aromatic nitrogens is 2. The molecule has 5 heteroatoms. The summed E-state index contributed by atoms with van der Waals surface area (Å²) in [5.41, 5.74) is 2.28. The molecular weight excluding hydrogens is 264 g/mol. The summed E-state index contributed by atoms with van der Waals surface area (Å²) in [6.45, 7) is 3.45. The third-order valence-corrected chi connectivity index (χ3v) is 3.75. The van der Waals surface area contributed by atoms with Crippen LogP contribution in [0.4, 0.5) is 10.5 Å². The van der Waals surface area contributed by atoms with Gasteiger partial charge >= 0.3 is 6.03 Å². The number of hydrogen-bond donors (Lipinski definition) is 1. The predicted octanol–water partition coefficient (Wildman–Crippen LogP) is 2.43. The highest BCUT2D eigenvalue weighted by molar-refractivity contribution is 5.93. The molecule has 3 rings (SSSR count). The van der Waals surface area contributed by atoms with Crippen molar-refractivity contribution in [2.75, 3.05) is 11.4 Å². The summed E-state index contributed by atoms with van der Waals surface area (Å²) in [4.78, 5) is 14.3. The van der Waals surface area contributed by atoms with E-state index in [1.807, 2.05) is 47.0 Å². The monoisotopic (exact) mass is 284 g/mol. The van der Waals surface area contributed by atoms with E-state index in [-0.39, 0.29) is 12.1 Å². The molecule has 0 radical (unpaired) electrons. The maximum absolute atomic E-state index is 12.5. The van der Waals surface area contributed by atoms with E-state index in [9.17, 15) is 4.79 Å². The van der Waals surface area contributed by atoms with Crippen molar-refractivity contribution in [1.29, 1.82) is 0 Å². The Labute approximate surface area is 124 Å². The quantitative estimate of drug-likeness (QED) is 0.941. The van der Waals surface area contributed by atoms with Crippen LogP contribution >= 0.6 is 0 Å². The Morgan fingerprint density at radius 1 is 1.38 bits per heavy atom. The lowest BCUT2D eigenvalue weighted by Gasteiger charge is -2.30. The van der Waals surface area contributed by atoms with Gasteiger partial charge in [0, 0.05) is 30.7 Å². The maximum Gasteiger partial charge on any atom is 0.322 e. The van der Waals surface area contributed by atoms with Crippen LogP contribution in [0.1, 0.15) is 18.9 Å². The van der Waals surface area contributed by atoms with Crippen molar-refractivity contribution >= 4 is 11.7 Å². The molecule has 2 heterocycles. The molecule has 0 saturated carbocycles. The van der Waals surface area contributed by atoms with Crippen molar-refractivity contribution in [3.63, 3.8) is 0 Å². The van der Waals surface area contributed by atoms with E-state index in [0.29, 0.717) is 6.54 Å². The lowest BCUT2D eigenvalue weighted by molar-refractivity contribution is 0.241. The van der Waals surface area contributed by atoms with Crippen LogP contribution < -0.4 is 10.2 Å². The maximum atomic E-state index is 12.5. The van der Waals surface area contributed by atoms with Crippen LogP contribution in [-0.2, 0) is 13.0 Å². The molecule has 21 heavy (non-hydrogen) atoms. The summed E-state index contributed by atoms with van der Waals surface area (Å²) in [5, 5.41) is 7.22. The fraction of sp³-hybridized carbons (Fsp3) is 0.375. The first-order valence-corrected chi connectivity index (χ1v) is 7.37. The zero-order valence-corrected chi connectivity index (χ0v) is 12.2. The average molecular weight is 284 g/mol. The number of para-hydroxylation sites is 1. The molecule has 2 amide bonds. The number of anilines is 1. The van der Waals surface area contributed by atoms with Crippen molar-refractivity contribution in [3.05, 3.63) is 48.3 Å². The van der Waals surface area contributed by atoms with Gasteiger partial charge in [-0.1, -0.05) is 18.2 Å². The Kier molecular flexibility index (Phi) is 3.90. The summed E-state index contributed by atoms with van der Waals surface area (Å²) < 4.78 is 1.83. The van der Waals surface area contributed by atoms with E-state index in [0.717, 1.165) is 25.1 Å². The van der Waals surface area contributed by atoms with Crippen LogP contribution in [-0.4, -0.2) is 28.4 Å². The smallest absolute Gasteiger partial charge is 0.322 e. The number of urea groups is 1. The number of nitrogens with zero attached hydrogens (tertiary/aromatic N) is 3. The minimum atomic E-state index is -0.0261. The van der Waals surface area contributed by atoms with Crippen molar-refractivity contribution in [3.8, 4) is 0 Å². The lowest BCUT2D eigenvalue weighted by atomic mass is 10.0. The molecule has 1 aromatic heterocycles. The molecule has 0 unspecified atom stereocenters. The zero-order valence-electron chi connectivity index (χ0n) is 12.2. The highest BCUT2D eigenvalue weighted by Crippen LogP contribution is 2.26. The SMILES string of the molecule is C[C@@H](Cn1cccn1)NC(=O)N1CCCc2ccccc21. The van der Waals surface area contributed by atoms with E-state index >= 15 is 0 Å². The average Bonchev–Trinajstić information content (AvgIpc) is 2.99. The topological polar surface area (TPSA) is 50.2 Å². The molecule has 1 aliphatic heterocycles. The predicted molar refractivity (Wildman–Crippen MR) is 82.3 cm³/mol. The van der Waals surface area contributed by atoms with E-state index in [1.54, 1.807) is 6.20 Å². The number of hydrogen-bond acceptors (Lipinski definition) is 2. The normalized spacial score (nSPS) is 15.4. The van der Waals surface area contributed by atoms with E-state index in [1.165, 1.54) is 5.56 Å². The van der Waals surface area contributed by atoms with Crippen molar-refractivity contribution < 1.29 is 4.79 Å². The molecule has 2 aromatic rings. The first kappa shape index (κ1) is 13.7. The molecule has 5 nitrogen and oxygen atoms in total. The molecule has 0 spiro atoms. The Morgan fingerprint density at radius 2 is 2.24 bits per heavy atom. The van der Waals surface area contributed by atoms with E-state index in [4.69, 9.17) is 0 Å². The standard InChI is InChI=1S/C16H20N4O/c1-13(12-19-10-5-9-17-19)18-16(21)20-11-4-7-14-6-2-3-8-15(14)20/h2-3,5-6,8-10,13H,4,7,11-12H2,1H3,(H,18,21)/t13-/m0/s1. The first-order valence-electron chi connectivity index (χ1n) is 7.37. The number of rotatable bonds is 3. The second-order valence-electron chi connectivity index (χ2n) is 5.46. The van der Waals surface area contributed by atoms with Crippen LogP contribution in [0.25, 0.3) is 0 Å². The molecule has 110 valence electrons. The zero-order chi connectivity index (χ0) is 14.7. The van der Waals surface area contributed by atoms with Gasteiger partial charge in [-0.05, 0) is 37.5 Å². The van der Waals surface area contributed by atoms with E-state index < -0.39 is 0 Å². The molecular formula is C16H20N4O. The van der Waals surface area contributed by atoms with Gasteiger partial charge in [0.2, 0.25) is 0 Å². The largest absolute Gasteiger partial charge is 0.333 e. The highest BCUT2D eigenvalue weighted by Gasteiger charge is 2.23. The van der Waals surface area contributed by atoms with Gasteiger partial charge in [-0.2, -0.15) is 5.10 Å². The Morgan fingerprint density at radius 3 is 3.05 bits per heavy atom. The minimum absolute atomic E-state index is 0.0261. The number of carbonyl (C=O) groups is 1. The molecule has 1 atom stereocenters. The minimum Gasteiger partial charge on any atom is -0.333 e. The van der Waals surface area contributed by atoms with Gasteiger partial charge in [0.15, 0.2) is 0 Å². The number of amides is 2. The van der Waals surface area contributed by atoms with Crippen LogP contribution in [0.15, 0.2) is 42.7 Å². The third-order valence-electron chi connectivity index (χ3n) is 3.75. The van der Waals surface area contributed by atoms with Crippen LogP contribution in [0.2, 0.25) is 0 Å². The van der Waals surface area contributed by atoms with Crippen LogP contribution in [0.5, 0.6) is 0 Å². The Hall–Kier alpha value is -2.30. The van der Waals surface area contributed by atoms with Crippen LogP contribution in [0, 0.1) is 0 Å². The molecule has 0 fully saturated rings. The van der Waals surface area contributed by atoms with Gasteiger partial charge in [-0.15, -0.1) is 0 Å². The molecule has 1 aliphatic rings. The second kappa shape index (κ2) is 5.99. The fourth-order valence-electron chi connectivity index (χ4n) is 2.77. The summed E-state index contributed by atoms with van der Waals surface area (Å²) in [7, 11) is 0. The summed E-state index contributed by atoms with van der Waals surface area (Å²) in [6.07, 6.45) is 5.70. The molecule has 1 N–H and O–H groups in total. The van der Waals surface area contributed by atoms with Crippen molar-refractivity contribution in [1.82, 2.24) is 15.1 Å². The summed E-state index contributed by atoms with van der Waals surface area (Å²) in [6, 6.07) is 10.0. The highest BCUT2D eigenvalue weighted by atomic mass is 16.2. The Balaban J connectivity index is 1.66. The van der Waals surface area contributed by atoms with E-state index in [2.05, 4.69) is 16.5 Å². The van der Waals surface area contributed by atoms with Gasteiger partial charge in [-0.3, -0.25) is 9.58 Å². The summed E-state index contributed by atoms with van der Waals surface area (Å²) >= 11 is 0. The third kappa shape index (κ3) is 3.07. The Bertz CT molecular complexity index is 608. The van der Waals surface area contributed by atoms with Gasteiger partial charge < -0.3 is 5.32 Å². The van der Waals surface area contributed by atoms with Crippen molar-refractivity contribution in [2.45, 2.75) is 32.4 Å². The van der Waals surface area contributed by atoms with Gasteiger partial charge in [0.05, 0.1) is 6.54 Å². The number of benzene rings is 1. The van der Waals surface area contributed by atoms with Gasteiger partial charge in [0.1, 0.15) is 0 Å². The van der Waals surface area contributed by atoms with Crippen molar-refractivity contribution in [2.24, 2.45) is 0 Å². The molecule has 0 aliphatic carbocycles. The summed E-state index contributed by atoms with van der Waals surface area (Å²) in [5.74, 6) is 0. The number of fused-ring (bicyclic) bond motifs is 1. The van der Waals surface area contributed by atoms with Gasteiger partial charge in [0.25, 0.3) is 0 Å². The first-order chi connectivity index (χ1) is 10.2. The molecule has 0 saturated heterocycles. The van der Waals surface area contributed by atoms with Crippen LogP contribution in [0.3, 0.4) is 0 Å². The molecule has 0 bridgehead atoms. The number of aryl methyl sites for hydroxylation is 1. The number of carbonyl (C=O) groups excluding carboxylic acids is 1.